The summed E-state index contributed by atoms with van der Waals surface area (Å²) in [5, 5.41) is 0. The van der Waals surface area contributed by atoms with Gasteiger partial charge in [-0.2, -0.15) is 0 Å². The summed E-state index contributed by atoms with van der Waals surface area (Å²) in [4.78, 5) is 22.5. The Morgan fingerprint density at radius 2 is 1.43 bits per heavy atom. The van der Waals surface area contributed by atoms with E-state index in [0.29, 0.717) is 0 Å². The van der Waals surface area contributed by atoms with Crippen LogP contribution in [-0.4, -0.2) is 25.2 Å². The van der Waals surface area contributed by atoms with Gasteiger partial charge in [0.15, 0.2) is 5.57 Å². The van der Waals surface area contributed by atoms with Gasteiger partial charge in [-0.25, -0.2) is 9.59 Å². The van der Waals surface area contributed by atoms with Gasteiger partial charge in [-0.1, -0.05) is 0 Å². The third-order valence-corrected chi connectivity index (χ3v) is 1.35. The lowest BCUT2D eigenvalue weighted by Crippen LogP contribution is -2.22. The molecular weight excluding hydrogens is 186 g/mol. The summed E-state index contributed by atoms with van der Waals surface area (Å²) in [6.07, 6.45) is 0. The number of esters is 2. The minimum Gasteiger partial charge on any atom is -0.462 e. The van der Waals surface area contributed by atoms with Gasteiger partial charge in [-0.3, -0.25) is 0 Å². The quantitative estimate of drug-likeness (QED) is 0.307. The monoisotopic (exact) mass is 201 g/mol. The van der Waals surface area contributed by atoms with Crippen molar-refractivity contribution >= 4 is 11.9 Å². The first-order valence-electron chi connectivity index (χ1n) is 4.35. The van der Waals surface area contributed by atoms with Gasteiger partial charge in [0.25, 0.3) is 0 Å². The Balaban J connectivity index is 4.71. The van der Waals surface area contributed by atoms with E-state index in [1.807, 2.05) is 0 Å². The zero-order valence-electron chi connectivity index (χ0n) is 8.62. The molecule has 0 aromatic heterocycles. The summed E-state index contributed by atoms with van der Waals surface area (Å²) in [5.41, 5.74) is 5.25. The van der Waals surface area contributed by atoms with Crippen LogP contribution in [0.3, 0.4) is 0 Å². The molecule has 5 nitrogen and oxygen atoms in total. The van der Waals surface area contributed by atoms with Gasteiger partial charge in [0.1, 0.15) is 0 Å². The largest absolute Gasteiger partial charge is 0.462 e. The maximum Gasteiger partial charge on any atom is 0.347 e. The van der Waals surface area contributed by atoms with Gasteiger partial charge in [-0.05, 0) is 20.8 Å². The highest BCUT2D eigenvalue weighted by atomic mass is 16.6. The summed E-state index contributed by atoms with van der Waals surface area (Å²) in [5.74, 6) is -1.49. The first-order valence-corrected chi connectivity index (χ1v) is 4.35. The Morgan fingerprint density at radius 3 is 1.64 bits per heavy atom. The number of allylic oxidation sites excluding steroid dienone is 1. The smallest absolute Gasteiger partial charge is 0.347 e. The normalized spacial score (nSPS) is 9.07. The Hall–Kier alpha value is -1.52. The minimum atomic E-state index is -0.744. The standard InChI is InChI=1S/C9H15NO4/c1-4-13-8(11)7(6(3)10)9(12)14-5-2/h4-5,10H2,1-3H3. The first kappa shape index (κ1) is 12.5. The van der Waals surface area contributed by atoms with Crippen molar-refractivity contribution in [3.05, 3.63) is 11.3 Å². The van der Waals surface area contributed by atoms with Crippen molar-refractivity contribution in [3.8, 4) is 0 Å². The van der Waals surface area contributed by atoms with E-state index >= 15 is 0 Å². The van der Waals surface area contributed by atoms with Gasteiger partial charge in [-0.15, -0.1) is 0 Å². The highest BCUT2D eigenvalue weighted by Crippen LogP contribution is 2.05. The van der Waals surface area contributed by atoms with E-state index in [9.17, 15) is 9.59 Å². The molecule has 5 heteroatoms. The maximum absolute atomic E-state index is 11.2. The highest BCUT2D eigenvalue weighted by molar-refractivity contribution is 6.14. The highest BCUT2D eigenvalue weighted by Gasteiger charge is 2.22. The molecule has 0 unspecified atom stereocenters. The predicted molar refractivity (Wildman–Crippen MR) is 50.2 cm³/mol. The second kappa shape index (κ2) is 6.01. The topological polar surface area (TPSA) is 78.6 Å². The molecule has 2 N–H and O–H groups in total. The van der Waals surface area contributed by atoms with E-state index in [2.05, 4.69) is 9.47 Å². The molecule has 0 rings (SSSR count). The fourth-order valence-electron chi connectivity index (χ4n) is 0.812. The molecular formula is C9H15NO4. The Morgan fingerprint density at radius 1 is 1.07 bits per heavy atom. The molecule has 0 aromatic rings. The Kier molecular flexibility index (Phi) is 5.36. The third kappa shape index (κ3) is 3.47. The summed E-state index contributed by atoms with van der Waals surface area (Å²) in [7, 11) is 0. The number of nitrogens with two attached hydrogens (primary N) is 1. The molecule has 0 saturated carbocycles. The molecule has 0 aliphatic heterocycles. The molecule has 0 fully saturated rings. The zero-order chi connectivity index (χ0) is 11.1. The molecule has 0 spiro atoms. The summed E-state index contributed by atoms with van der Waals surface area (Å²) in [6.45, 7) is 5.12. The van der Waals surface area contributed by atoms with Crippen LogP contribution >= 0.6 is 0 Å². The number of ether oxygens (including phenoxy) is 2. The van der Waals surface area contributed by atoms with E-state index < -0.39 is 11.9 Å². The number of carbonyl (C=O) groups is 2. The van der Waals surface area contributed by atoms with Gasteiger partial charge < -0.3 is 15.2 Å². The molecule has 14 heavy (non-hydrogen) atoms. The van der Waals surface area contributed by atoms with Crippen molar-refractivity contribution in [1.82, 2.24) is 0 Å². The minimum absolute atomic E-state index is 0.0990. The van der Waals surface area contributed by atoms with Gasteiger partial charge in [0, 0.05) is 5.70 Å². The first-order chi connectivity index (χ1) is 6.54. The average molecular weight is 201 g/mol. The van der Waals surface area contributed by atoms with E-state index in [1.165, 1.54) is 6.92 Å². The molecule has 0 bridgehead atoms. The molecule has 0 aromatic carbocycles. The second-order valence-corrected chi connectivity index (χ2v) is 2.50. The SMILES string of the molecule is CCOC(=O)C(C(=O)OCC)=C(C)N. The van der Waals surface area contributed by atoms with Crippen molar-refractivity contribution in [1.29, 1.82) is 0 Å². The van der Waals surface area contributed by atoms with Crippen LogP contribution in [0.2, 0.25) is 0 Å². The van der Waals surface area contributed by atoms with Gasteiger partial charge in [0.05, 0.1) is 13.2 Å². The summed E-state index contributed by atoms with van der Waals surface area (Å²) < 4.78 is 9.31. The number of hydrogen-bond acceptors (Lipinski definition) is 5. The van der Waals surface area contributed by atoms with Crippen LogP contribution in [0.1, 0.15) is 20.8 Å². The molecule has 0 atom stereocenters. The summed E-state index contributed by atoms with van der Waals surface area (Å²) in [6, 6.07) is 0. The lowest BCUT2D eigenvalue weighted by atomic mass is 10.2. The fourth-order valence-corrected chi connectivity index (χ4v) is 0.812. The van der Waals surface area contributed by atoms with Crippen LogP contribution in [-0.2, 0) is 19.1 Å². The van der Waals surface area contributed by atoms with E-state index in [0.717, 1.165) is 0 Å². The van der Waals surface area contributed by atoms with Crippen LogP contribution in [0.25, 0.3) is 0 Å². The van der Waals surface area contributed by atoms with Crippen molar-refractivity contribution in [2.45, 2.75) is 20.8 Å². The molecule has 0 amide bonds. The number of rotatable bonds is 4. The van der Waals surface area contributed by atoms with E-state index in [-0.39, 0.29) is 24.5 Å². The van der Waals surface area contributed by atoms with E-state index in [4.69, 9.17) is 5.73 Å². The van der Waals surface area contributed by atoms with Crippen molar-refractivity contribution in [2.24, 2.45) is 5.73 Å². The molecule has 0 heterocycles. The van der Waals surface area contributed by atoms with E-state index in [1.54, 1.807) is 13.8 Å². The Bertz CT molecular complexity index is 234. The number of carbonyl (C=O) groups excluding carboxylic acids is 2. The lowest BCUT2D eigenvalue weighted by molar-refractivity contribution is -0.146. The molecule has 0 saturated heterocycles. The van der Waals surface area contributed by atoms with Crippen molar-refractivity contribution in [3.63, 3.8) is 0 Å². The van der Waals surface area contributed by atoms with Crippen LogP contribution < -0.4 is 5.73 Å². The van der Waals surface area contributed by atoms with Crippen LogP contribution in [0.4, 0.5) is 0 Å². The summed E-state index contributed by atoms with van der Waals surface area (Å²) >= 11 is 0. The molecule has 0 radical (unpaired) electrons. The third-order valence-electron chi connectivity index (χ3n) is 1.35. The molecule has 80 valence electrons. The maximum atomic E-state index is 11.2. The van der Waals surface area contributed by atoms with Crippen LogP contribution in [0.15, 0.2) is 11.3 Å². The average Bonchev–Trinajstić information content (AvgIpc) is 2.04. The van der Waals surface area contributed by atoms with Crippen LogP contribution in [0, 0.1) is 0 Å². The van der Waals surface area contributed by atoms with Gasteiger partial charge >= 0.3 is 11.9 Å². The van der Waals surface area contributed by atoms with Gasteiger partial charge in [0.2, 0.25) is 0 Å². The second-order valence-electron chi connectivity index (χ2n) is 2.50. The van der Waals surface area contributed by atoms with Crippen molar-refractivity contribution in [2.75, 3.05) is 13.2 Å². The predicted octanol–water partition coefficient (Wildman–Crippen LogP) is 0.345. The van der Waals surface area contributed by atoms with Crippen LogP contribution in [0.5, 0.6) is 0 Å². The zero-order valence-corrected chi connectivity index (χ0v) is 8.62. The fraction of sp³-hybridized carbons (Fsp3) is 0.556. The lowest BCUT2D eigenvalue weighted by Gasteiger charge is -2.07. The molecule has 0 aliphatic rings. The number of hydrogen-bond donors (Lipinski definition) is 1. The van der Waals surface area contributed by atoms with Crippen molar-refractivity contribution < 1.29 is 19.1 Å². The Labute approximate surface area is 82.9 Å². The molecule has 0 aliphatic carbocycles.